The van der Waals surface area contributed by atoms with Crippen LogP contribution in [0.4, 0.5) is 0 Å². The van der Waals surface area contributed by atoms with E-state index in [0.717, 1.165) is 19.4 Å². The van der Waals surface area contributed by atoms with Crippen LogP contribution in [0.3, 0.4) is 0 Å². The number of imidazole rings is 1. The van der Waals surface area contributed by atoms with Crippen molar-refractivity contribution in [1.82, 2.24) is 9.55 Å². The summed E-state index contributed by atoms with van der Waals surface area (Å²) in [6.07, 6.45) is 5.80. The number of aromatic nitrogens is 2. The minimum Gasteiger partial charge on any atom is -0.332 e. The van der Waals surface area contributed by atoms with Gasteiger partial charge in [0, 0.05) is 18.7 Å². The fourth-order valence-electron chi connectivity index (χ4n) is 2.30. The fourth-order valence-corrected chi connectivity index (χ4v) is 2.30. The summed E-state index contributed by atoms with van der Waals surface area (Å²) in [5.41, 5.74) is 8.36. The predicted molar refractivity (Wildman–Crippen MR) is 57.3 cm³/mol. The summed E-state index contributed by atoms with van der Waals surface area (Å²) in [5.74, 6) is 1.21. The smallest absolute Gasteiger partial charge is 0.110 e. The largest absolute Gasteiger partial charge is 0.332 e. The van der Waals surface area contributed by atoms with Crippen molar-refractivity contribution < 1.29 is 0 Å². The molecule has 0 aliphatic carbocycles. The Balaban J connectivity index is 2.36. The van der Waals surface area contributed by atoms with Gasteiger partial charge in [-0.15, -0.1) is 0 Å². The van der Waals surface area contributed by atoms with Crippen molar-refractivity contribution >= 4 is 0 Å². The third-order valence-corrected chi connectivity index (χ3v) is 2.98. The van der Waals surface area contributed by atoms with Gasteiger partial charge in [-0.2, -0.15) is 0 Å². The highest BCUT2D eigenvalue weighted by Crippen LogP contribution is 2.21. The molecule has 2 heterocycles. The summed E-state index contributed by atoms with van der Waals surface area (Å²) in [7, 11) is 0. The minimum absolute atomic E-state index is 0.708. The van der Waals surface area contributed by atoms with E-state index in [1.165, 1.54) is 36.5 Å². The summed E-state index contributed by atoms with van der Waals surface area (Å²) in [6, 6.07) is 0. The first-order valence-corrected chi connectivity index (χ1v) is 5.64. The van der Waals surface area contributed by atoms with E-state index in [4.69, 9.17) is 5.73 Å². The number of hydrogen-bond acceptors (Lipinski definition) is 2. The quantitative estimate of drug-likeness (QED) is 0.786. The molecule has 3 heteroatoms. The van der Waals surface area contributed by atoms with Crippen molar-refractivity contribution in [2.75, 3.05) is 6.54 Å². The van der Waals surface area contributed by atoms with E-state index in [0.29, 0.717) is 6.54 Å². The molecule has 2 rings (SSSR count). The predicted octanol–water partition coefficient (Wildman–Crippen LogP) is 1.28. The Kier molecular flexibility index (Phi) is 2.87. The van der Waals surface area contributed by atoms with E-state index in [9.17, 15) is 0 Å². The van der Waals surface area contributed by atoms with Gasteiger partial charge >= 0.3 is 0 Å². The first kappa shape index (κ1) is 9.71. The van der Waals surface area contributed by atoms with Crippen LogP contribution in [0.2, 0.25) is 0 Å². The molecule has 1 aromatic rings. The van der Waals surface area contributed by atoms with Gasteiger partial charge in [-0.25, -0.2) is 4.98 Å². The lowest BCUT2D eigenvalue weighted by Gasteiger charge is -2.17. The second kappa shape index (κ2) is 4.13. The van der Waals surface area contributed by atoms with Crippen LogP contribution >= 0.6 is 0 Å². The number of aryl methyl sites for hydroxylation is 1. The van der Waals surface area contributed by atoms with Gasteiger partial charge in [-0.05, 0) is 32.2 Å². The Bertz CT molecular complexity index is 315. The number of fused-ring (bicyclic) bond motifs is 1. The fraction of sp³-hybridized carbons (Fsp3) is 0.727. The van der Waals surface area contributed by atoms with Crippen LogP contribution in [0.25, 0.3) is 0 Å². The number of hydrogen-bond donors (Lipinski definition) is 1. The highest BCUT2D eigenvalue weighted by molar-refractivity contribution is 5.19. The van der Waals surface area contributed by atoms with Crippen molar-refractivity contribution in [2.45, 2.75) is 45.6 Å². The lowest BCUT2D eigenvalue weighted by atomic mass is 10.1. The zero-order valence-electron chi connectivity index (χ0n) is 8.92. The van der Waals surface area contributed by atoms with Gasteiger partial charge in [0.1, 0.15) is 5.82 Å². The standard InChI is InChI=1S/C11H19N3/c1-2-9-10-5-3-4-8-14(10)11(13-9)6-7-12/h2-8,12H2,1H3. The van der Waals surface area contributed by atoms with Crippen LogP contribution < -0.4 is 5.73 Å². The Morgan fingerprint density at radius 3 is 3.00 bits per heavy atom. The van der Waals surface area contributed by atoms with Crippen LogP contribution in [0.15, 0.2) is 0 Å². The lowest BCUT2D eigenvalue weighted by molar-refractivity contribution is 0.512. The molecule has 0 bridgehead atoms. The van der Waals surface area contributed by atoms with Gasteiger partial charge in [0.25, 0.3) is 0 Å². The van der Waals surface area contributed by atoms with E-state index in [2.05, 4.69) is 16.5 Å². The highest BCUT2D eigenvalue weighted by atomic mass is 15.1. The van der Waals surface area contributed by atoms with Crippen LogP contribution in [-0.4, -0.2) is 16.1 Å². The van der Waals surface area contributed by atoms with Crippen LogP contribution in [0.5, 0.6) is 0 Å². The Morgan fingerprint density at radius 1 is 1.43 bits per heavy atom. The Labute approximate surface area is 85.3 Å². The molecule has 0 amide bonds. The first-order chi connectivity index (χ1) is 6.86. The van der Waals surface area contributed by atoms with Crippen molar-refractivity contribution in [3.8, 4) is 0 Å². The summed E-state index contributed by atoms with van der Waals surface area (Å²) in [5, 5.41) is 0. The second-order valence-electron chi connectivity index (χ2n) is 3.92. The van der Waals surface area contributed by atoms with Gasteiger partial charge in [0.2, 0.25) is 0 Å². The Hall–Kier alpha value is -0.830. The van der Waals surface area contributed by atoms with Crippen LogP contribution in [0, 0.1) is 0 Å². The highest BCUT2D eigenvalue weighted by Gasteiger charge is 2.17. The van der Waals surface area contributed by atoms with Gasteiger partial charge in [0.15, 0.2) is 0 Å². The molecule has 0 saturated heterocycles. The minimum atomic E-state index is 0.708. The molecular formula is C11H19N3. The molecule has 0 fully saturated rings. The van der Waals surface area contributed by atoms with Crippen molar-refractivity contribution in [3.63, 3.8) is 0 Å². The summed E-state index contributed by atoms with van der Waals surface area (Å²) >= 11 is 0. The molecule has 14 heavy (non-hydrogen) atoms. The zero-order chi connectivity index (χ0) is 9.97. The molecule has 78 valence electrons. The van der Waals surface area contributed by atoms with Crippen molar-refractivity contribution in [3.05, 3.63) is 17.2 Å². The number of nitrogens with two attached hydrogens (primary N) is 1. The maximum Gasteiger partial charge on any atom is 0.110 e. The molecule has 3 nitrogen and oxygen atoms in total. The lowest BCUT2D eigenvalue weighted by Crippen LogP contribution is -2.15. The summed E-state index contributed by atoms with van der Waals surface area (Å²) < 4.78 is 2.40. The topological polar surface area (TPSA) is 43.8 Å². The van der Waals surface area contributed by atoms with E-state index in [-0.39, 0.29) is 0 Å². The average Bonchev–Trinajstić information content (AvgIpc) is 2.58. The third-order valence-electron chi connectivity index (χ3n) is 2.98. The maximum atomic E-state index is 5.59. The molecule has 0 radical (unpaired) electrons. The summed E-state index contributed by atoms with van der Waals surface area (Å²) in [4.78, 5) is 4.68. The van der Waals surface area contributed by atoms with E-state index in [1.54, 1.807) is 0 Å². The van der Waals surface area contributed by atoms with Gasteiger partial charge in [0.05, 0.1) is 5.69 Å². The van der Waals surface area contributed by atoms with Gasteiger partial charge < -0.3 is 10.3 Å². The molecule has 0 saturated carbocycles. The van der Waals surface area contributed by atoms with Gasteiger partial charge in [-0.1, -0.05) is 6.92 Å². The number of nitrogens with zero attached hydrogens (tertiary/aromatic N) is 2. The van der Waals surface area contributed by atoms with E-state index >= 15 is 0 Å². The SMILES string of the molecule is CCc1nc(CCN)n2c1CCCC2. The molecular weight excluding hydrogens is 174 g/mol. The third kappa shape index (κ3) is 1.57. The van der Waals surface area contributed by atoms with Gasteiger partial charge in [-0.3, -0.25) is 0 Å². The number of rotatable bonds is 3. The zero-order valence-corrected chi connectivity index (χ0v) is 8.92. The normalized spacial score (nSPS) is 15.6. The van der Waals surface area contributed by atoms with Crippen molar-refractivity contribution in [1.29, 1.82) is 0 Å². The second-order valence-corrected chi connectivity index (χ2v) is 3.92. The molecule has 1 aliphatic rings. The monoisotopic (exact) mass is 193 g/mol. The molecule has 0 spiro atoms. The molecule has 0 aromatic carbocycles. The molecule has 0 unspecified atom stereocenters. The van der Waals surface area contributed by atoms with Crippen molar-refractivity contribution in [2.24, 2.45) is 5.73 Å². The van der Waals surface area contributed by atoms with Crippen LogP contribution in [-0.2, 0) is 25.8 Å². The molecule has 0 atom stereocenters. The molecule has 1 aliphatic heterocycles. The maximum absolute atomic E-state index is 5.59. The average molecular weight is 193 g/mol. The van der Waals surface area contributed by atoms with E-state index < -0.39 is 0 Å². The van der Waals surface area contributed by atoms with Crippen LogP contribution in [0.1, 0.15) is 37.0 Å². The Morgan fingerprint density at radius 2 is 2.29 bits per heavy atom. The van der Waals surface area contributed by atoms with E-state index in [1.807, 2.05) is 0 Å². The molecule has 2 N–H and O–H groups in total. The first-order valence-electron chi connectivity index (χ1n) is 5.64. The molecule has 1 aromatic heterocycles. The summed E-state index contributed by atoms with van der Waals surface area (Å²) in [6.45, 7) is 4.04.